The van der Waals surface area contributed by atoms with E-state index in [1.165, 1.54) is 25.3 Å². The number of nitriles is 1. The van der Waals surface area contributed by atoms with Gasteiger partial charge in [-0.3, -0.25) is 0 Å². The highest BCUT2D eigenvalue weighted by Crippen LogP contribution is 2.33. The van der Waals surface area contributed by atoms with E-state index in [9.17, 15) is 9.65 Å². The first kappa shape index (κ1) is 16.1. The van der Waals surface area contributed by atoms with Gasteiger partial charge in [-0.15, -0.1) is 0 Å². The molecule has 0 N–H and O–H groups in total. The van der Waals surface area contributed by atoms with Gasteiger partial charge in [0.1, 0.15) is 17.3 Å². The zero-order valence-corrected chi connectivity index (χ0v) is 13.0. The minimum atomic E-state index is -0.571. The number of benzene rings is 2. The van der Waals surface area contributed by atoms with Gasteiger partial charge in [-0.2, -0.15) is 5.26 Å². The second kappa shape index (κ2) is 7.15. The van der Waals surface area contributed by atoms with Crippen LogP contribution < -0.4 is 9.47 Å². The smallest absolute Gasteiger partial charge is 0.123 e. The van der Waals surface area contributed by atoms with E-state index in [-0.39, 0.29) is 0 Å². The summed E-state index contributed by atoms with van der Waals surface area (Å²) in [5, 5.41) is 10.0. The van der Waals surface area contributed by atoms with E-state index >= 15 is 0 Å². The SMILES string of the molecule is COc1ccc(Cl)cc1CC(C#N)c1cc(F)ccc1OC. The molecule has 0 radical (unpaired) electrons. The lowest BCUT2D eigenvalue weighted by molar-refractivity contribution is 0.403. The van der Waals surface area contributed by atoms with Gasteiger partial charge in [0.15, 0.2) is 0 Å². The predicted octanol–water partition coefficient (Wildman–Crippen LogP) is 4.35. The van der Waals surface area contributed by atoms with Crippen molar-refractivity contribution in [3.63, 3.8) is 0 Å². The normalized spacial score (nSPS) is 11.6. The first-order chi connectivity index (χ1) is 10.6. The summed E-state index contributed by atoms with van der Waals surface area (Å²) in [6.45, 7) is 0. The van der Waals surface area contributed by atoms with Crippen molar-refractivity contribution in [2.45, 2.75) is 12.3 Å². The molecule has 114 valence electrons. The summed E-state index contributed by atoms with van der Waals surface area (Å²) in [7, 11) is 3.04. The second-order valence-electron chi connectivity index (χ2n) is 4.73. The Labute approximate surface area is 133 Å². The van der Waals surface area contributed by atoms with Crippen LogP contribution in [0.15, 0.2) is 36.4 Å². The van der Waals surface area contributed by atoms with Crippen molar-refractivity contribution >= 4 is 11.6 Å². The Kier molecular flexibility index (Phi) is 5.24. The quantitative estimate of drug-likeness (QED) is 0.823. The van der Waals surface area contributed by atoms with E-state index < -0.39 is 11.7 Å². The van der Waals surface area contributed by atoms with E-state index in [1.807, 2.05) is 0 Å². The molecule has 0 fully saturated rings. The number of hydrogen-bond acceptors (Lipinski definition) is 3. The number of halogens is 2. The maximum absolute atomic E-state index is 13.5. The highest BCUT2D eigenvalue weighted by Gasteiger charge is 2.19. The molecule has 0 heterocycles. The lowest BCUT2D eigenvalue weighted by Gasteiger charge is -2.16. The van der Waals surface area contributed by atoms with Gasteiger partial charge in [-0.25, -0.2) is 4.39 Å². The molecule has 3 nitrogen and oxygen atoms in total. The van der Waals surface area contributed by atoms with Gasteiger partial charge >= 0.3 is 0 Å². The van der Waals surface area contributed by atoms with E-state index in [0.29, 0.717) is 28.5 Å². The first-order valence-electron chi connectivity index (χ1n) is 6.64. The number of hydrogen-bond donors (Lipinski definition) is 0. The van der Waals surface area contributed by atoms with Crippen LogP contribution in [0.4, 0.5) is 4.39 Å². The van der Waals surface area contributed by atoms with Crippen molar-refractivity contribution < 1.29 is 13.9 Å². The van der Waals surface area contributed by atoms with Gasteiger partial charge in [0.05, 0.1) is 26.2 Å². The number of nitrogens with zero attached hydrogens (tertiary/aromatic N) is 1. The van der Waals surface area contributed by atoms with Crippen molar-refractivity contribution in [1.82, 2.24) is 0 Å². The van der Waals surface area contributed by atoms with E-state index in [0.717, 1.165) is 5.56 Å². The zero-order valence-electron chi connectivity index (χ0n) is 12.3. The lowest BCUT2D eigenvalue weighted by Crippen LogP contribution is -2.05. The summed E-state index contributed by atoms with van der Waals surface area (Å²) in [6.07, 6.45) is 0.347. The van der Waals surface area contributed by atoms with Crippen LogP contribution in [0.25, 0.3) is 0 Å². The third-order valence-corrected chi connectivity index (χ3v) is 3.62. The first-order valence-corrected chi connectivity index (χ1v) is 7.02. The van der Waals surface area contributed by atoms with Crippen LogP contribution in [0.2, 0.25) is 5.02 Å². The van der Waals surface area contributed by atoms with E-state index in [2.05, 4.69) is 6.07 Å². The van der Waals surface area contributed by atoms with E-state index in [4.69, 9.17) is 21.1 Å². The fourth-order valence-corrected chi connectivity index (χ4v) is 2.52. The molecule has 0 aliphatic rings. The number of ether oxygens (including phenoxy) is 2. The molecule has 0 aliphatic heterocycles. The van der Waals surface area contributed by atoms with Crippen molar-refractivity contribution in [2.24, 2.45) is 0 Å². The van der Waals surface area contributed by atoms with Crippen molar-refractivity contribution in [3.05, 3.63) is 58.4 Å². The average molecular weight is 320 g/mol. The van der Waals surface area contributed by atoms with Crippen LogP contribution in [0, 0.1) is 17.1 Å². The molecule has 2 rings (SSSR count). The molecule has 0 bridgehead atoms. The van der Waals surface area contributed by atoms with Crippen molar-refractivity contribution in [2.75, 3.05) is 14.2 Å². The summed E-state index contributed by atoms with van der Waals surface area (Å²) < 4.78 is 24.0. The molecule has 2 aromatic rings. The zero-order chi connectivity index (χ0) is 16.1. The molecule has 1 unspecified atom stereocenters. The van der Waals surface area contributed by atoms with E-state index in [1.54, 1.807) is 25.3 Å². The molecule has 0 saturated heterocycles. The molecule has 0 aliphatic carbocycles. The van der Waals surface area contributed by atoms with Gasteiger partial charge in [0.25, 0.3) is 0 Å². The third-order valence-electron chi connectivity index (χ3n) is 3.39. The Hall–Kier alpha value is -2.25. The summed E-state index contributed by atoms with van der Waals surface area (Å²) in [6, 6.07) is 11.5. The van der Waals surface area contributed by atoms with Crippen molar-refractivity contribution in [3.8, 4) is 17.6 Å². The molecule has 2 aromatic carbocycles. The van der Waals surface area contributed by atoms with Gasteiger partial charge < -0.3 is 9.47 Å². The van der Waals surface area contributed by atoms with Gasteiger partial charge in [-0.1, -0.05) is 11.6 Å². The van der Waals surface area contributed by atoms with Crippen LogP contribution >= 0.6 is 11.6 Å². The fraction of sp³-hybridized carbons (Fsp3) is 0.235. The Morgan fingerprint density at radius 3 is 2.45 bits per heavy atom. The average Bonchev–Trinajstić information content (AvgIpc) is 2.52. The molecule has 0 amide bonds. The predicted molar refractivity (Wildman–Crippen MR) is 83.0 cm³/mol. The molecular formula is C17H15ClFNO2. The largest absolute Gasteiger partial charge is 0.496 e. The Bertz CT molecular complexity index is 712. The summed E-state index contributed by atoms with van der Waals surface area (Å²) in [5.74, 6) is 0.140. The Morgan fingerprint density at radius 2 is 1.82 bits per heavy atom. The highest BCUT2D eigenvalue weighted by atomic mass is 35.5. The van der Waals surface area contributed by atoms with Crippen LogP contribution in [-0.4, -0.2) is 14.2 Å². The number of rotatable bonds is 5. The van der Waals surface area contributed by atoms with Gasteiger partial charge in [-0.05, 0) is 48.4 Å². The molecule has 0 aromatic heterocycles. The topological polar surface area (TPSA) is 42.2 Å². The molecule has 5 heteroatoms. The minimum Gasteiger partial charge on any atom is -0.496 e. The summed E-state index contributed by atoms with van der Waals surface area (Å²) >= 11 is 6.01. The van der Waals surface area contributed by atoms with Crippen LogP contribution in [0.3, 0.4) is 0 Å². The second-order valence-corrected chi connectivity index (χ2v) is 5.16. The van der Waals surface area contributed by atoms with Crippen LogP contribution in [-0.2, 0) is 6.42 Å². The van der Waals surface area contributed by atoms with Crippen molar-refractivity contribution in [1.29, 1.82) is 5.26 Å². The molecule has 0 saturated carbocycles. The van der Waals surface area contributed by atoms with Gasteiger partial charge in [0.2, 0.25) is 0 Å². The molecule has 1 atom stereocenters. The molecule has 0 spiro atoms. The standard InChI is InChI=1S/C17H15ClFNO2/c1-21-16-5-3-13(18)8-11(16)7-12(10-20)15-9-14(19)4-6-17(15)22-2/h3-6,8-9,12H,7H2,1-2H3. The number of methoxy groups -OCH3 is 2. The minimum absolute atomic E-state index is 0.347. The summed E-state index contributed by atoms with van der Waals surface area (Å²) in [5.41, 5.74) is 1.29. The summed E-state index contributed by atoms with van der Waals surface area (Å²) in [4.78, 5) is 0. The van der Waals surface area contributed by atoms with Crippen LogP contribution in [0.5, 0.6) is 11.5 Å². The molecule has 22 heavy (non-hydrogen) atoms. The fourth-order valence-electron chi connectivity index (χ4n) is 2.33. The molecular weight excluding hydrogens is 305 g/mol. The maximum atomic E-state index is 13.5. The monoisotopic (exact) mass is 319 g/mol. The maximum Gasteiger partial charge on any atom is 0.123 e. The highest BCUT2D eigenvalue weighted by molar-refractivity contribution is 6.30. The lowest BCUT2D eigenvalue weighted by atomic mass is 9.92. The van der Waals surface area contributed by atoms with Gasteiger partial charge in [0, 0.05) is 10.6 Å². The Morgan fingerprint density at radius 1 is 1.14 bits per heavy atom. The third kappa shape index (κ3) is 3.49. The van der Waals surface area contributed by atoms with Crippen LogP contribution in [0.1, 0.15) is 17.0 Å². The Balaban J connectivity index is 2.41.